The van der Waals surface area contributed by atoms with Gasteiger partial charge in [0.2, 0.25) is 5.91 Å². The minimum Gasteiger partial charge on any atom is -0.480 e. The molecular formula is C25H30F3N3O6. The highest BCUT2D eigenvalue weighted by atomic mass is 19.4. The number of carbonyl (C=O) groups is 3. The second-order valence-electron chi connectivity index (χ2n) is 7.82. The molecule has 0 heterocycles. The number of rotatable bonds is 12. The van der Waals surface area contributed by atoms with Crippen LogP contribution >= 0.6 is 0 Å². The van der Waals surface area contributed by atoms with Gasteiger partial charge in [-0.3, -0.25) is 9.79 Å². The summed E-state index contributed by atoms with van der Waals surface area (Å²) in [6, 6.07) is 18.9. The molecule has 0 fully saturated rings. The van der Waals surface area contributed by atoms with Crippen LogP contribution in [0.4, 0.5) is 13.2 Å². The van der Waals surface area contributed by atoms with E-state index in [0.29, 0.717) is 25.4 Å². The summed E-state index contributed by atoms with van der Waals surface area (Å²) in [5, 5.41) is 19.0. The zero-order chi connectivity index (χ0) is 27.8. The fourth-order valence-electron chi connectivity index (χ4n) is 3.07. The van der Waals surface area contributed by atoms with E-state index in [1.165, 1.54) is 0 Å². The Hall–Kier alpha value is -3.93. The number of alkyl halides is 3. The SMILES string of the molecule is CC(N)=NCCC[C@H](NC(=O)COCC(c1ccccc1)c1ccccc1)C(=O)O.O=C(O)C(F)(F)F. The predicted molar refractivity (Wildman–Crippen MR) is 130 cm³/mol. The number of nitrogens with one attached hydrogen (secondary N) is 1. The lowest BCUT2D eigenvalue weighted by atomic mass is 9.92. The Balaban J connectivity index is 0.000000856. The molecule has 2 aromatic carbocycles. The number of aliphatic imine (C=N–C) groups is 1. The second kappa shape index (κ2) is 15.9. The van der Waals surface area contributed by atoms with Gasteiger partial charge < -0.3 is 26.0 Å². The number of hydrogen-bond acceptors (Lipinski definition) is 5. The Morgan fingerprint density at radius 3 is 1.89 bits per heavy atom. The molecule has 5 N–H and O–H groups in total. The lowest BCUT2D eigenvalue weighted by Crippen LogP contribution is -2.42. The maximum Gasteiger partial charge on any atom is 0.490 e. The summed E-state index contributed by atoms with van der Waals surface area (Å²) in [5.41, 5.74) is 7.63. The van der Waals surface area contributed by atoms with Gasteiger partial charge in [0.15, 0.2) is 0 Å². The first-order valence-electron chi connectivity index (χ1n) is 11.2. The van der Waals surface area contributed by atoms with Gasteiger partial charge in [-0.1, -0.05) is 60.7 Å². The van der Waals surface area contributed by atoms with Crippen LogP contribution in [-0.4, -0.2) is 65.9 Å². The molecule has 0 saturated heterocycles. The van der Waals surface area contributed by atoms with Gasteiger partial charge in [-0.2, -0.15) is 13.2 Å². The van der Waals surface area contributed by atoms with Crippen LogP contribution in [0.15, 0.2) is 65.7 Å². The normalized spacial score (nSPS) is 12.3. The first kappa shape index (κ1) is 31.1. The minimum absolute atomic E-state index is 0.0205. The van der Waals surface area contributed by atoms with E-state index in [4.69, 9.17) is 20.4 Å². The lowest BCUT2D eigenvalue weighted by Gasteiger charge is -2.19. The Morgan fingerprint density at radius 2 is 1.49 bits per heavy atom. The number of amides is 1. The van der Waals surface area contributed by atoms with E-state index in [0.717, 1.165) is 11.1 Å². The third-order valence-electron chi connectivity index (χ3n) is 4.81. The Bertz CT molecular complexity index is 974. The quantitative estimate of drug-likeness (QED) is 0.189. The smallest absolute Gasteiger partial charge is 0.480 e. The molecule has 37 heavy (non-hydrogen) atoms. The Morgan fingerprint density at radius 1 is 1.00 bits per heavy atom. The van der Waals surface area contributed by atoms with Crippen molar-refractivity contribution in [3.05, 3.63) is 71.8 Å². The van der Waals surface area contributed by atoms with E-state index in [2.05, 4.69) is 10.3 Å². The standard InChI is InChI=1S/C23H29N3O4.C2HF3O2/c1-17(24)25-14-8-13-21(23(28)29)26-22(27)16-30-15-20(18-9-4-2-5-10-18)19-11-6-3-7-12-19;3-2(4,5)1(6)7/h2-7,9-12,20-21H,8,13-16H2,1H3,(H2,24,25)(H,26,27)(H,28,29);(H,6,7)/t21-;/m0./s1. The first-order valence-corrected chi connectivity index (χ1v) is 11.2. The van der Waals surface area contributed by atoms with Gasteiger partial charge in [-0.05, 0) is 30.9 Å². The summed E-state index contributed by atoms with van der Waals surface area (Å²) in [5.74, 6) is -3.87. The highest BCUT2D eigenvalue weighted by molar-refractivity contribution is 5.84. The fourth-order valence-corrected chi connectivity index (χ4v) is 3.07. The van der Waals surface area contributed by atoms with E-state index in [-0.39, 0.29) is 18.9 Å². The van der Waals surface area contributed by atoms with Crippen molar-refractivity contribution in [2.24, 2.45) is 10.7 Å². The van der Waals surface area contributed by atoms with Crippen LogP contribution in [0.2, 0.25) is 0 Å². The molecule has 1 atom stereocenters. The number of benzene rings is 2. The Labute approximate surface area is 212 Å². The van der Waals surface area contributed by atoms with E-state index >= 15 is 0 Å². The molecule has 0 unspecified atom stereocenters. The number of hydrogen-bond donors (Lipinski definition) is 4. The molecule has 12 heteroatoms. The van der Waals surface area contributed by atoms with Crippen LogP contribution in [0.5, 0.6) is 0 Å². The van der Waals surface area contributed by atoms with E-state index in [1.54, 1.807) is 6.92 Å². The molecular weight excluding hydrogens is 495 g/mol. The van der Waals surface area contributed by atoms with Crippen molar-refractivity contribution in [3.63, 3.8) is 0 Å². The van der Waals surface area contributed by atoms with Crippen LogP contribution in [0.3, 0.4) is 0 Å². The third kappa shape index (κ3) is 13.1. The molecule has 0 aliphatic heterocycles. The maximum atomic E-state index is 12.2. The van der Waals surface area contributed by atoms with Crippen molar-refractivity contribution >= 4 is 23.7 Å². The van der Waals surface area contributed by atoms with Gasteiger partial charge in [0, 0.05) is 12.5 Å². The Kier molecular flexibility index (Phi) is 13.4. The molecule has 0 radical (unpaired) electrons. The molecule has 0 spiro atoms. The largest absolute Gasteiger partial charge is 0.490 e. The van der Waals surface area contributed by atoms with Crippen LogP contribution in [-0.2, 0) is 19.1 Å². The van der Waals surface area contributed by atoms with Gasteiger partial charge >= 0.3 is 18.1 Å². The molecule has 0 aliphatic carbocycles. The molecule has 0 bridgehead atoms. The summed E-state index contributed by atoms with van der Waals surface area (Å²) >= 11 is 0. The zero-order valence-electron chi connectivity index (χ0n) is 20.1. The van der Waals surface area contributed by atoms with Gasteiger partial charge in [-0.25, -0.2) is 9.59 Å². The summed E-state index contributed by atoms with van der Waals surface area (Å²) in [6.07, 6.45) is -4.30. The molecule has 1 amide bonds. The molecule has 9 nitrogen and oxygen atoms in total. The minimum atomic E-state index is -5.08. The molecule has 0 aromatic heterocycles. The van der Waals surface area contributed by atoms with Crippen molar-refractivity contribution in [3.8, 4) is 0 Å². The number of ether oxygens (including phenoxy) is 1. The summed E-state index contributed by atoms with van der Waals surface area (Å²) in [4.78, 5) is 36.5. The topological polar surface area (TPSA) is 151 Å². The van der Waals surface area contributed by atoms with E-state index in [1.807, 2.05) is 60.7 Å². The number of carbonyl (C=O) groups excluding carboxylic acids is 1. The molecule has 0 aliphatic rings. The maximum absolute atomic E-state index is 12.2. The average Bonchev–Trinajstić information content (AvgIpc) is 2.84. The fraction of sp³-hybridized carbons (Fsp3) is 0.360. The third-order valence-corrected chi connectivity index (χ3v) is 4.81. The number of aliphatic carboxylic acids is 2. The summed E-state index contributed by atoms with van der Waals surface area (Å²) in [6.45, 7) is 2.20. The molecule has 202 valence electrons. The molecule has 2 aromatic rings. The van der Waals surface area contributed by atoms with Crippen molar-refractivity contribution in [2.75, 3.05) is 19.8 Å². The van der Waals surface area contributed by atoms with Gasteiger partial charge in [0.05, 0.1) is 12.4 Å². The van der Waals surface area contributed by atoms with Crippen molar-refractivity contribution < 1.29 is 42.5 Å². The number of carboxylic acids is 2. The summed E-state index contributed by atoms with van der Waals surface area (Å²) in [7, 11) is 0. The monoisotopic (exact) mass is 525 g/mol. The summed E-state index contributed by atoms with van der Waals surface area (Å²) < 4.78 is 37.4. The van der Waals surface area contributed by atoms with E-state index < -0.39 is 30.1 Å². The lowest BCUT2D eigenvalue weighted by molar-refractivity contribution is -0.192. The van der Waals surface area contributed by atoms with E-state index in [9.17, 15) is 27.9 Å². The highest BCUT2D eigenvalue weighted by Gasteiger charge is 2.38. The number of carboxylic acid groups (broad SMARTS) is 2. The number of nitrogens with two attached hydrogens (primary N) is 1. The number of amidine groups is 1. The van der Waals surface area contributed by atoms with Crippen LogP contribution < -0.4 is 11.1 Å². The van der Waals surface area contributed by atoms with Gasteiger partial charge in [-0.15, -0.1) is 0 Å². The average molecular weight is 526 g/mol. The van der Waals surface area contributed by atoms with Crippen LogP contribution in [0.25, 0.3) is 0 Å². The highest BCUT2D eigenvalue weighted by Crippen LogP contribution is 2.24. The molecule has 2 rings (SSSR count). The first-order chi connectivity index (χ1) is 17.4. The second-order valence-corrected chi connectivity index (χ2v) is 7.82. The molecule has 0 saturated carbocycles. The van der Waals surface area contributed by atoms with Crippen molar-refractivity contribution in [1.29, 1.82) is 0 Å². The number of nitrogens with zero attached hydrogens (tertiary/aromatic N) is 1. The zero-order valence-corrected chi connectivity index (χ0v) is 20.1. The van der Waals surface area contributed by atoms with Crippen molar-refractivity contribution in [1.82, 2.24) is 5.32 Å². The van der Waals surface area contributed by atoms with Gasteiger partial charge in [0.25, 0.3) is 0 Å². The van der Waals surface area contributed by atoms with Crippen LogP contribution in [0.1, 0.15) is 36.8 Å². The van der Waals surface area contributed by atoms with Crippen molar-refractivity contribution in [2.45, 2.75) is 37.9 Å². The van der Waals surface area contributed by atoms with Crippen LogP contribution in [0, 0.1) is 0 Å². The predicted octanol–water partition coefficient (Wildman–Crippen LogP) is 3.20. The van der Waals surface area contributed by atoms with Gasteiger partial charge in [0.1, 0.15) is 12.6 Å². The number of halogens is 3.